The fraction of sp³-hybridized carbons (Fsp3) is 0.222. The third kappa shape index (κ3) is 8.81. The minimum Gasteiger partial charge on any atom is -0.459 e. The van der Waals surface area contributed by atoms with Crippen molar-refractivity contribution in [3.63, 3.8) is 0 Å². The number of benzene rings is 1. The monoisotopic (exact) mass is 674 g/mol. The van der Waals surface area contributed by atoms with Gasteiger partial charge in [0, 0.05) is 12.3 Å². The molecule has 230 valence electrons. The summed E-state index contributed by atoms with van der Waals surface area (Å²) in [5, 5.41) is 23.8. The van der Waals surface area contributed by atoms with Crippen LogP contribution in [0.3, 0.4) is 0 Å². The van der Waals surface area contributed by atoms with Gasteiger partial charge in [-0.05, 0) is 66.7 Å². The normalized spacial score (nSPS) is 13.6. The fourth-order valence-corrected chi connectivity index (χ4v) is 6.91. The van der Waals surface area contributed by atoms with Crippen LogP contribution in [0.15, 0.2) is 77.8 Å². The molecule has 2 N–H and O–H groups in total. The minimum atomic E-state index is -0.838. The number of H-pyrrole nitrogens is 1. The number of fused-ring (bicyclic) bond motifs is 1. The number of amides is 1. The Morgan fingerprint density at radius 3 is 1.93 bits per heavy atom. The maximum Gasteiger partial charge on any atom is 0.374 e. The van der Waals surface area contributed by atoms with Crippen molar-refractivity contribution in [3.05, 3.63) is 77.8 Å². The molecule has 17 heteroatoms. The summed E-state index contributed by atoms with van der Waals surface area (Å²) >= 11 is 5.17. The van der Waals surface area contributed by atoms with E-state index in [1.807, 2.05) is 10.8 Å². The largest absolute Gasteiger partial charge is 0.459 e. The highest BCUT2D eigenvalue weighted by molar-refractivity contribution is 8.28. The SMILES string of the molecule is CC(C)OC(=O)C(C(=O)Nc1cc[nH]n1)=C1SC=CS1.CC(C)OC(=O)C(C(=O)On1nnc2ccccc21)=C1SC=CS1. The van der Waals surface area contributed by atoms with Crippen molar-refractivity contribution in [2.24, 2.45) is 0 Å². The Morgan fingerprint density at radius 2 is 1.36 bits per heavy atom. The lowest BCUT2D eigenvalue weighted by Gasteiger charge is -2.12. The Labute approximate surface area is 268 Å². The number of nitrogens with zero attached hydrogens (tertiary/aromatic N) is 4. The van der Waals surface area contributed by atoms with Crippen LogP contribution < -0.4 is 10.2 Å². The predicted molar refractivity (Wildman–Crippen MR) is 171 cm³/mol. The van der Waals surface area contributed by atoms with Crippen molar-refractivity contribution >= 4 is 87.7 Å². The number of ether oxygens (including phenoxy) is 2. The quantitative estimate of drug-likeness (QED) is 0.108. The first-order chi connectivity index (χ1) is 21.1. The number of hydrogen-bond acceptors (Lipinski definition) is 14. The van der Waals surface area contributed by atoms with Gasteiger partial charge in [-0.1, -0.05) is 64.0 Å². The van der Waals surface area contributed by atoms with Crippen molar-refractivity contribution in [3.8, 4) is 0 Å². The number of aromatic nitrogens is 5. The van der Waals surface area contributed by atoms with E-state index in [1.165, 1.54) is 47.0 Å². The third-order valence-electron chi connectivity index (χ3n) is 4.98. The zero-order valence-corrected chi connectivity index (χ0v) is 27.0. The van der Waals surface area contributed by atoms with Gasteiger partial charge in [0.05, 0.1) is 20.7 Å². The minimum absolute atomic E-state index is 0.00157. The molecule has 2 aliphatic heterocycles. The van der Waals surface area contributed by atoms with Crippen molar-refractivity contribution < 1.29 is 33.5 Å². The average molecular weight is 675 g/mol. The molecule has 0 saturated carbocycles. The van der Waals surface area contributed by atoms with Crippen LogP contribution in [0.5, 0.6) is 0 Å². The lowest BCUT2D eigenvalue weighted by Crippen LogP contribution is -2.28. The molecule has 1 aromatic carbocycles. The first kappa shape index (κ1) is 33.0. The highest BCUT2D eigenvalue weighted by atomic mass is 32.2. The van der Waals surface area contributed by atoms with Crippen LogP contribution in [-0.4, -0.2) is 61.4 Å². The number of hydrogen-bond donors (Lipinski definition) is 2. The molecule has 0 radical (unpaired) electrons. The molecule has 44 heavy (non-hydrogen) atoms. The smallest absolute Gasteiger partial charge is 0.374 e. The molecule has 13 nitrogen and oxygen atoms in total. The Bertz CT molecular complexity index is 1640. The van der Waals surface area contributed by atoms with Crippen LogP contribution in [0.25, 0.3) is 11.0 Å². The van der Waals surface area contributed by atoms with Crippen molar-refractivity contribution in [1.29, 1.82) is 0 Å². The molecule has 2 aliphatic rings. The van der Waals surface area contributed by atoms with Crippen LogP contribution >= 0.6 is 47.0 Å². The third-order valence-corrected chi connectivity index (χ3v) is 9.24. The van der Waals surface area contributed by atoms with Gasteiger partial charge in [0.15, 0.2) is 11.4 Å². The fourth-order valence-electron chi connectivity index (χ4n) is 3.26. The first-order valence-electron chi connectivity index (χ1n) is 12.9. The summed E-state index contributed by atoms with van der Waals surface area (Å²) in [6, 6.07) is 8.62. The van der Waals surface area contributed by atoms with Crippen molar-refractivity contribution in [1.82, 2.24) is 25.4 Å². The summed E-state index contributed by atoms with van der Waals surface area (Å²) in [7, 11) is 0. The number of anilines is 1. The summed E-state index contributed by atoms with van der Waals surface area (Å²) in [5.41, 5.74) is 0.956. The lowest BCUT2D eigenvalue weighted by molar-refractivity contribution is -0.150. The number of carbonyl (C=O) groups is 4. The van der Waals surface area contributed by atoms with Gasteiger partial charge >= 0.3 is 17.9 Å². The number of para-hydroxylation sites is 1. The number of esters is 2. The molecular weight excluding hydrogens is 649 g/mol. The molecule has 5 rings (SSSR count). The molecule has 0 bridgehead atoms. The van der Waals surface area contributed by atoms with Gasteiger partial charge in [0.2, 0.25) is 0 Å². The van der Waals surface area contributed by atoms with Gasteiger partial charge in [-0.15, -0.1) is 5.10 Å². The van der Waals surface area contributed by atoms with Gasteiger partial charge in [-0.3, -0.25) is 9.89 Å². The van der Waals surface area contributed by atoms with Crippen LogP contribution in [0, 0.1) is 0 Å². The van der Waals surface area contributed by atoms with E-state index in [1.54, 1.807) is 75.0 Å². The van der Waals surface area contributed by atoms with Crippen molar-refractivity contribution in [2.75, 3.05) is 5.32 Å². The van der Waals surface area contributed by atoms with Gasteiger partial charge in [-0.2, -0.15) is 5.10 Å². The molecule has 1 amide bonds. The molecular formula is C27H26N6O7S4. The highest BCUT2D eigenvalue weighted by Gasteiger charge is 2.30. The first-order valence-corrected chi connectivity index (χ1v) is 16.4. The van der Waals surface area contributed by atoms with E-state index in [4.69, 9.17) is 14.3 Å². The maximum absolute atomic E-state index is 12.5. The molecule has 0 spiro atoms. The van der Waals surface area contributed by atoms with E-state index in [0.29, 0.717) is 25.3 Å². The van der Waals surface area contributed by atoms with Gasteiger partial charge in [0.25, 0.3) is 5.91 Å². The standard InChI is InChI=1S/C15H13N3O4S2.C12H13N3O3S2/c1-9(2)21-13(19)12(15-23-7-8-24-15)14(20)22-18-11-6-4-3-5-10(11)16-17-18;1-7(2)18-11(17)9(12-19-5-6-20-12)10(16)14-8-3-4-13-15-8/h3-9H,1-2H3;3-7H,1-2H3,(H2,13,14,15,16). The Hall–Kier alpha value is -3.93. The Balaban J connectivity index is 0.000000204. The summed E-state index contributed by atoms with van der Waals surface area (Å²) < 4.78 is 11.4. The second-order valence-electron chi connectivity index (χ2n) is 8.99. The Kier molecular flexibility index (Phi) is 11.8. The summed E-state index contributed by atoms with van der Waals surface area (Å²) in [5.74, 6) is -2.37. The van der Waals surface area contributed by atoms with Crippen LogP contribution in [-0.2, 0) is 28.7 Å². The van der Waals surface area contributed by atoms with Crippen LogP contribution in [0.2, 0.25) is 0 Å². The molecule has 3 aromatic rings. The number of nitrogens with one attached hydrogen (secondary N) is 2. The van der Waals surface area contributed by atoms with Crippen molar-refractivity contribution in [2.45, 2.75) is 39.9 Å². The number of rotatable bonds is 8. The van der Waals surface area contributed by atoms with E-state index >= 15 is 0 Å². The van der Waals surface area contributed by atoms with E-state index in [0.717, 1.165) is 4.85 Å². The van der Waals surface area contributed by atoms with Gasteiger partial charge < -0.3 is 19.6 Å². The molecule has 4 heterocycles. The topological polar surface area (TPSA) is 167 Å². The summed E-state index contributed by atoms with van der Waals surface area (Å²) in [6.45, 7) is 6.89. The van der Waals surface area contributed by atoms with Crippen LogP contribution in [0.1, 0.15) is 27.7 Å². The molecule has 0 fully saturated rings. The molecule has 0 atom stereocenters. The maximum atomic E-state index is 12.5. The second-order valence-corrected chi connectivity index (χ2v) is 13.2. The van der Waals surface area contributed by atoms with Gasteiger partial charge in [0.1, 0.15) is 16.6 Å². The molecule has 2 aromatic heterocycles. The lowest BCUT2D eigenvalue weighted by atomic mass is 10.3. The van der Waals surface area contributed by atoms with Gasteiger partial charge in [-0.25, -0.2) is 14.4 Å². The second kappa shape index (κ2) is 15.7. The van der Waals surface area contributed by atoms with E-state index < -0.39 is 23.8 Å². The Morgan fingerprint density at radius 1 is 0.795 bits per heavy atom. The van der Waals surface area contributed by atoms with Crippen LogP contribution in [0.4, 0.5) is 5.82 Å². The number of carbonyl (C=O) groups excluding carboxylic acids is 4. The summed E-state index contributed by atoms with van der Waals surface area (Å²) in [6.07, 6.45) is 0.938. The van der Waals surface area contributed by atoms with E-state index in [2.05, 4.69) is 25.8 Å². The zero-order valence-electron chi connectivity index (χ0n) is 23.7. The molecule has 0 unspecified atom stereocenters. The average Bonchev–Trinajstić information content (AvgIpc) is 3.78. The molecule has 0 saturated heterocycles. The summed E-state index contributed by atoms with van der Waals surface area (Å²) in [4.78, 5) is 55.4. The zero-order chi connectivity index (χ0) is 31.6. The van der Waals surface area contributed by atoms with E-state index in [-0.39, 0.29) is 23.4 Å². The number of aromatic amines is 1. The predicted octanol–water partition coefficient (Wildman–Crippen LogP) is 4.96. The molecule has 0 aliphatic carbocycles. The number of thioether (sulfide) groups is 4. The highest BCUT2D eigenvalue weighted by Crippen LogP contribution is 2.41. The van der Waals surface area contributed by atoms with E-state index in [9.17, 15) is 19.2 Å².